The van der Waals surface area contributed by atoms with Crippen LogP contribution in [0.15, 0.2) is 77.7 Å². The van der Waals surface area contributed by atoms with Gasteiger partial charge in [-0.2, -0.15) is 4.72 Å². The molecule has 1 heterocycles. The molecule has 1 aliphatic heterocycles. The molecule has 4 rings (SSSR count). The molecular weight excluding hydrogens is 462 g/mol. The standard InChI is InChI=1S/C26H31N5O3S/c27-26(28)31-14-6-9-20(18-31)17-29-25(32)24(15-19-7-2-1-3-8-19)30-35(33,34)23-13-12-21-10-4-5-11-22(21)16-23/h1-5,7-8,10-13,16,20,24,30H,6,9,14-15,17-18H2,(H3,27,28)(H,29,32)/t20?,24-/m1/s1. The molecule has 8 nitrogen and oxygen atoms in total. The number of nitrogens with two attached hydrogens (primary N) is 1. The van der Waals surface area contributed by atoms with E-state index in [0.29, 0.717) is 13.1 Å². The zero-order valence-electron chi connectivity index (χ0n) is 19.5. The molecule has 3 aromatic carbocycles. The SMILES string of the molecule is N=C(N)N1CCCC(CNC(=O)[C@@H](Cc2ccccc2)NS(=O)(=O)c2ccc3ccccc3c2)C1. The van der Waals surface area contributed by atoms with Gasteiger partial charge in [-0.3, -0.25) is 10.2 Å². The van der Waals surface area contributed by atoms with Crippen LogP contribution in [0.4, 0.5) is 0 Å². The summed E-state index contributed by atoms with van der Waals surface area (Å²) in [7, 11) is -3.94. The summed E-state index contributed by atoms with van der Waals surface area (Å²) >= 11 is 0. The molecule has 0 aromatic heterocycles. The highest BCUT2D eigenvalue weighted by molar-refractivity contribution is 7.89. The van der Waals surface area contributed by atoms with Crippen molar-refractivity contribution in [1.29, 1.82) is 5.41 Å². The zero-order chi connectivity index (χ0) is 24.8. The third-order valence-electron chi connectivity index (χ3n) is 6.35. The smallest absolute Gasteiger partial charge is 0.241 e. The third kappa shape index (κ3) is 6.37. The molecule has 1 amide bonds. The van der Waals surface area contributed by atoms with Gasteiger partial charge in [0.05, 0.1) is 4.90 Å². The van der Waals surface area contributed by atoms with E-state index in [1.807, 2.05) is 54.6 Å². The maximum atomic E-state index is 13.3. The summed E-state index contributed by atoms with van der Waals surface area (Å²) in [5, 5.41) is 12.3. The summed E-state index contributed by atoms with van der Waals surface area (Å²) < 4.78 is 29.2. The Labute approximate surface area is 206 Å². The van der Waals surface area contributed by atoms with Gasteiger partial charge in [0.2, 0.25) is 15.9 Å². The van der Waals surface area contributed by atoms with Gasteiger partial charge in [0.15, 0.2) is 5.96 Å². The lowest BCUT2D eigenvalue weighted by atomic mass is 9.98. The Kier molecular flexibility index (Phi) is 7.67. The van der Waals surface area contributed by atoms with Crippen LogP contribution in [0.1, 0.15) is 18.4 Å². The van der Waals surface area contributed by atoms with Gasteiger partial charge in [-0.1, -0.05) is 60.7 Å². The van der Waals surface area contributed by atoms with Crippen molar-refractivity contribution in [1.82, 2.24) is 14.9 Å². The second-order valence-electron chi connectivity index (χ2n) is 8.96. The maximum absolute atomic E-state index is 13.3. The summed E-state index contributed by atoms with van der Waals surface area (Å²) in [5.74, 6) is -0.199. The first kappa shape index (κ1) is 24.7. The lowest BCUT2D eigenvalue weighted by Gasteiger charge is -2.33. The van der Waals surface area contributed by atoms with Crippen LogP contribution in [0.3, 0.4) is 0 Å². The topological polar surface area (TPSA) is 128 Å². The van der Waals surface area contributed by atoms with Crippen molar-refractivity contribution in [2.24, 2.45) is 11.7 Å². The highest BCUT2D eigenvalue weighted by Gasteiger charge is 2.28. The molecule has 0 radical (unpaired) electrons. The molecule has 5 N–H and O–H groups in total. The van der Waals surface area contributed by atoms with E-state index in [2.05, 4.69) is 10.0 Å². The van der Waals surface area contributed by atoms with Crippen LogP contribution < -0.4 is 15.8 Å². The van der Waals surface area contributed by atoms with Gasteiger partial charge < -0.3 is 16.0 Å². The van der Waals surface area contributed by atoms with E-state index in [-0.39, 0.29) is 29.1 Å². The Balaban J connectivity index is 1.50. The van der Waals surface area contributed by atoms with Crippen LogP contribution in [-0.4, -0.2) is 50.9 Å². The average Bonchev–Trinajstić information content (AvgIpc) is 2.87. The molecule has 35 heavy (non-hydrogen) atoms. The first-order valence-electron chi connectivity index (χ1n) is 11.7. The van der Waals surface area contributed by atoms with Gasteiger partial charge >= 0.3 is 0 Å². The molecular formula is C26H31N5O3S. The van der Waals surface area contributed by atoms with Crippen LogP contribution in [0, 0.1) is 11.3 Å². The average molecular weight is 494 g/mol. The summed E-state index contributed by atoms with van der Waals surface area (Å²) in [5.41, 5.74) is 6.48. The fourth-order valence-electron chi connectivity index (χ4n) is 4.45. The second-order valence-corrected chi connectivity index (χ2v) is 10.7. The maximum Gasteiger partial charge on any atom is 0.241 e. The number of benzene rings is 3. The Hall–Kier alpha value is -3.43. The molecule has 1 saturated heterocycles. The van der Waals surface area contributed by atoms with Gasteiger partial charge in [-0.25, -0.2) is 8.42 Å². The highest BCUT2D eigenvalue weighted by Crippen LogP contribution is 2.20. The summed E-state index contributed by atoms with van der Waals surface area (Å²) in [6.07, 6.45) is 2.03. The number of sulfonamides is 1. The predicted octanol–water partition coefficient (Wildman–Crippen LogP) is 2.45. The van der Waals surface area contributed by atoms with Crippen molar-refractivity contribution in [2.45, 2.75) is 30.2 Å². The summed E-state index contributed by atoms with van der Waals surface area (Å²) in [4.78, 5) is 15.1. The number of carbonyl (C=O) groups excluding carboxylic acids is 1. The monoisotopic (exact) mass is 493 g/mol. The fraction of sp³-hybridized carbons (Fsp3) is 0.308. The van der Waals surface area contributed by atoms with E-state index in [1.54, 1.807) is 23.1 Å². The number of rotatable bonds is 8. The van der Waals surface area contributed by atoms with E-state index in [4.69, 9.17) is 11.1 Å². The molecule has 0 saturated carbocycles. The number of nitrogens with zero attached hydrogens (tertiary/aromatic N) is 1. The van der Waals surface area contributed by atoms with Crippen LogP contribution in [0.2, 0.25) is 0 Å². The van der Waals surface area contributed by atoms with Gasteiger partial charge in [-0.05, 0) is 53.6 Å². The second kappa shape index (κ2) is 10.9. The van der Waals surface area contributed by atoms with Crippen molar-refractivity contribution >= 4 is 32.7 Å². The lowest BCUT2D eigenvalue weighted by Crippen LogP contribution is -2.51. The molecule has 1 unspecified atom stereocenters. The van der Waals surface area contributed by atoms with Crippen molar-refractivity contribution < 1.29 is 13.2 Å². The first-order chi connectivity index (χ1) is 16.8. The third-order valence-corrected chi connectivity index (χ3v) is 7.82. The number of fused-ring (bicyclic) bond motifs is 1. The Morgan fingerprint density at radius 2 is 1.77 bits per heavy atom. The number of guanidine groups is 1. The summed E-state index contributed by atoms with van der Waals surface area (Å²) in [6, 6.07) is 20.8. The fourth-order valence-corrected chi connectivity index (χ4v) is 5.68. The van der Waals surface area contributed by atoms with Crippen molar-refractivity contribution in [2.75, 3.05) is 19.6 Å². The molecule has 184 valence electrons. The Bertz CT molecular complexity index is 1300. The minimum absolute atomic E-state index is 0.0334. The largest absolute Gasteiger partial charge is 0.370 e. The minimum atomic E-state index is -3.94. The van der Waals surface area contributed by atoms with Crippen LogP contribution in [0.25, 0.3) is 10.8 Å². The van der Waals surface area contributed by atoms with E-state index in [9.17, 15) is 13.2 Å². The molecule has 1 aliphatic rings. The molecule has 0 aliphatic carbocycles. The van der Waals surface area contributed by atoms with E-state index < -0.39 is 16.1 Å². The van der Waals surface area contributed by atoms with Crippen LogP contribution in [0.5, 0.6) is 0 Å². The predicted molar refractivity (Wildman–Crippen MR) is 137 cm³/mol. The number of likely N-dealkylation sites (tertiary alicyclic amines) is 1. The Morgan fingerprint density at radius 1 is 1.06 bits per heavy atom. The first-order valence-corrected chi connectivity index (χ1v) is 13.2. The van der Waals surface area contributed by atoms with Crippen LogP contribution >= 0.6 is 0 Å². The number of hydrogen-bond acceptors (Lipinski definition) is 4. The Morgan fingerprint density at radius 3 is 2.51 bits per heavy atom. The quantitative estimate of drug-likeness (QED) is 0.283. The number of nitrogens with one attached hydrogen (secondary N) is 3. The van der Waals surface area contributed by atoms with Gasteiger partial charge in [0.1, 0.15) is 6.04 Å². The molecule has 0 bridgehead atoms. The van der Waals surface area contributed by atoms with Gasteiger partial charge in [0, 0.05) is 19.6 Å². The highest BCUT2D eigenvalue weighted by atomic mass is 32.2. The van der Waals surface area contributed by atoms with Crippen molar-refractivity contribution in [3.05, 3.63) is 78.4 Å². The van der Waals surface area contributed by atoms with E-state index in [0.717, 1.165) is 35.7 Å². The molecule has 9 heteroatoms. The number of hydrogen-bond donors (Lipinski definition) is 4. The lowest BCUT2D eigenvalue weighted by molar-refractivity contribution is -0.122. The van der Waals surface area contributed by atoms with Crippen molar-refractivity contribution in [3.8, 4) is 0 Å². The minimum Gasteiger partial charge on any atom is -0.370 e. The molecule has 1 fully saturated rings. The number of piperidine rings is 1. The van der Waals surface area contributed by atoms with Gasteiger partial charge in [0.25, 0.3) is 0 Å². The number of carbonyl (C=O) groups is 1. The van der Waals surface area contributed by atoms with Crippen LogP contribution in [-0.2, 0) is 21.2 Å². The van der Waals surface area contributed by atoms with E-state index in [1.165, 1.54) is 0 Å². The van der Waals surface area contributed by atoms with Crippen molar-refractivity contribution in [3.63, 3.8) is 0 Å². The molecule has 0 spiro atoms. The number of amides is 1. The molecule has 2 atom stereocenters. The van der Waals surface area contributed by atoms with Gasteiger partial charge in [-0.15, -0.1) is 0 Å². The summed E-state index contributed by atoms with van der Waals surface area (Å²) in [6.45, 7) is 1.73. The van der Waals surface area contributed by atoms with E-state index >= 15 is 0 Å². The zero-order valence-corrected chi connectivity index (χ0v) is 20.3. The normalized spacial score (nSPS) is 17.1. The molecule has 3 aromatic rings.